The Morgan fingerprint density at radius 2 is 2.19 bits per heavy atom. The molecule has 1 rings (SSSR count). The van der Waals surface area contributed by atoms with Crippen LogP contribution < -0.4 is 5.32 Å². The molecule has 0 spiro atoms. The number of nitrogens with zero attached hydrogens (tertiary/aromatic N) is 1. The van der Waals surface area contributed by atoms with Crippen LogP contribution in [-0.2, 0) is 4.74 Å². The van der Waals surface area contributed by atoms with Gasteiger partial charge in [-0.3, -0.25) is 0 Å². The zero-order chi connectivity index (χ0) is 11.8. The molecule has 0 atom stereocenters. The second-order valence-corrected chi connectivity index (χ2v) is 4.88. The van der Waals surface area contributed by atoms with Gasteiger partial charge in [-0.25, -0.2) is 4.98 Å². The Kier molecular flexibility index (Phi) is 6.42. The standard InChI is InChI=1S/C12H19BrN2O/c1-10(2)6-8-16-9-7-14-12-5-3-4-11(13)15-12/h3-5,10H,6-9H2,1-2H3,(H,14,15). The van der Waals surface area contributed by atoms with Crippen LogP contribution in [0.5, 0.6) is 0 Å². The van der Waals surface area contributed by atoms with Gasteiger partial charge in [0, 0.05) is 13.2 Å². The zero-order valence-corrected chi connectivity index (χ0v) is 11.5. The molecule has 0 amide bonds. The molecule has 1 N–H and O–H groups in total. The first-order valence-corrected chi connectivity index (χ1v) is 6.42. The summed E-state index contributed by atoms with van der Waals surface area (Å²) in [5.41, 5.74) is 0. The average Bonchev–Trinajstić information content (AvgIpc) is 2.23. The summed E-state index contributed by atoms with van der Waals surface area (Å²) >= 11 is 3.33. The Bertz CT molecular complexity index is 305. The number of hydrogen-bond donors (Lipinski definition) is 1. The van der Waals surface area contributed by atoms with Crippen molar-refractivity contribution in [2.24, 2.45) is 5.92 Å². The van der Waals surface area contributed by atoms with Crippen molar-refractivity contribution in [3.05, 3.63) is 22.8 Å². The van der Waals surface area contributed by atoms with Crippen molar-refractivity contribution in [3.63, 3.8) is 0 Å². The molecule has 0 unspecified atom stereocenters. The molecule has 0 aliphatic carbocycles. The minimum absolute atomic E-state index is 0.708. The van der Waals surface area contributed by atoms with Gasteiger partial charge in [0.05, 0.1) is 6.61 Å². The lowest BCUT2D eigenvalue weighted by Gasteiger charge is -2.08. The molecule has 1 aromatic heterocycles. The van der Waals surface area contributed by atoms with Crippen LogP contribution in [0.3, 0.4) is 0 Å². The smallest absolute Gasteiger partial charge is 0.127 e. The summed E-state index contributed by atoms with van der Waals surface area (Å²) in [7, 11) is 0. The van der Waals surface area contributed by atoms with E-state index in [1.54, 1.807) is 0 Å². The fourth-order valence-electron chi connectivity index (χ4n) is 1.18. The van der Waals surface area contributed by atoms with Crippen molar-refractivity contribution in [2.75, 3.05) is 25.1 Å². The predicted molar refractivity (Wildman–Crippen MR) is 70.7 cm³/mol. The molecule has 0 radical (unpaired) electrons. The first-order chi connectivity index (χ1) is 7.68. The monoisotopic (exact) mass is 286 g/mol. The van der Waals surface area contributed by atoms with Gasteiger partial charge in [0.15, 0.2) is 0 Å². The SMILES string of the molecule is CC(C)CCOCCNc1cccc(Br)n1. The van der Waals surface area contributed by atoms with Crippen LogP contribution in [0.1, 0.15) is 20.3 Å². The molecule has 0 saturated heterocycles. The molecule has 3 nitrogen and oxygen atoms in total. The van der Waals surface area contributed by atoms with Gasteiger partial charge in [0.1, 0.15) is 10.4 Å². The fourth-order valence-corrected chi connectivity index (χ4v) is 1.52. The van der Waals surface area contributed by atoms with Crippen molar-refractivity contribution in [2.45, 2.75) is 20.3 Å². The summed E-state index contributed by atoms with van der Waals surface area (Å²) in [5.74, 6) is 1.58. The van der Waals surface area contributed by atoms with Crippen molar-refractivity contribution < 1.29 is 4.74 Å². The number of hydrogen-bond acceptors (Lipinski definition) is 3. The normalized spacial score (nSPS) is 10.8. The zero-order valence-electron chi connectivity index (χ0n) is 9.87. The molecule has 0 aromatic carbocycles. The van der Waals surface area contributed by atoms with E-state index in [4.69, 9.17) is 4.74 Å². The summed E-state index contributed by atoms with van der Waals surface area (Å²) < 4.78 is 6.34. The lowest BCUT2D eigenvalue weighted by Crippen LogP contribution is -2.11. The van der Waals surface area contributed by atoms with E-state index in [1.165, 1.54) is 0 Å². The van der Waals surface area contributed by atoms with E-state index in [0.29, 0.717) is 5.92 Å². The average molecular weight is 287 g/mol. The van der Waals surface area contributed by atoms with Gasteiger partial charge in [0.25, 0.3) is 0 Å². The van der Waals surface area contributed by atoms with Gasteiger partial charge >= 0.3 is 0 Å². The molecular formula is C12H19BrN2O. The molecule has 16 heavy (non-hydrogen) atoms. The quantitative estimate of drug-likeness (QED) is 0.617. The highest BCUT2D eigenvalue weighted by Gasteiger charge is 1.95. The number of ether oxygens (including phenoxy) is 1. The van der Waals surface area contributed by atoms with Gasteiger partial charge in [-0.05, 0) is 40.4 Å². The molecule has 0 bridgehead atoms. The van der Waals surface area contributed by atoms with Crippen LogP contribution in [0.4, 0.5) is 5.82 Å². The van der Waals surface area contributed by atoms with E-state index in [1.807, 2.05) is 18.2 Å². The number of halogens is 1. The maximum atomic E-state index is 5.49. The van der Waals surface area contributed by atoms with E-state index < -0.39 is 0 Å². The van der Waals surface area contributed by atoms with Crippen LogP contribution in [0.25, 0.3) is 0 Å². The van der Waals surface area contributed by atoms with E-state index >= 15 is 0 Å². The number of nitrogens with one attached hydrogen (secondary N) is 1. The number of rotatable bonds is 7. The minimum atomic E-state index is 0.708. The van der Waals surface area contributed by atoms with Crippen molar-refractivity contribution in [1.82, 2.24) is 4.98 Å². The maximum Gasteiger partial charge on any atom is 0.127 e. The molecule has 0 saturated carbocycles. The highest BCUT2D eigenvalue weighted by atomic mass is 79.9. The third-order valence-corrected chi connectivity index (χ3v) is 2.55. The second kappa shape index (κ2) is 7.63. The Morgan fingerprint density at radius 3 is 2.88 bits per heavy atom. The number of aromatic nitrogens is 1. The van der Waals surface area contributed by atoms with E-state index in [-0.39, 0.29) is 0 Å². The lowest BCUT2D eigenvalue weighted by atomic mass is 10.1. The molecule has 4 heteroatoms. The highest BCUT2D eigenvalue weighted by molar-refractivity contribution is 9.10. The topological polar surface area (TPSA) is 34.1 Å². The summed E-state index contributed by atoms with van der Waals surface area (Å²) in [6.45, 7) is 6.76. The first kappa shape index (κ1) is 13.5. The van der Waals surface area contributed by atoms with Crippen LogP contribution >= 0.6 is 15.9 Å². The molecule has 0 aliphatic heterocycles. The largest absolute Gasteiger partial charge is 0.380 e. The molecule has 0 aliphatic rings. The Labute approximate surface area is 106 Å². The van der Waals surface area contributed by atoms with Crippen molar-refractivity contribution in [1.29, 1.82) is 0 Å². The van der Waals surface area contributed by atoms with Crippen molar-refractivity contribution in [3.8, 4) is 0 Å². The van der Waals surface area contributed by atoms with Crippen LogP contribution in [0.2, 0.25) is 0 Å². The third-order valence-electron chi connectivity index (χ3n) is 2.11. The molecular weight excluding hydrogens is 268 g/mol. The summed E-state index contributed by atoms with van der Waals surface area (Å²) in [6, 6.07) is 5.81. The molecule has 1 aromatic rings. The summed E-state index contributed by atoms with van der Waals surface area (Å²) in [4.78, 5) is 4.27. The fraction of sp³-hybridized carbons (Fsp3) is 0.583. The van der Waals surface area contributed by atoms with Gasteiger partial charge in [-0.15, -0.1) is 0 Å². The first-order valence-electron chi connectivity index (χ1n) is 5.62. The molecule has 90 valence electrons. The number of pyridine rings is 1. The predicted octanol–water partition coefficient (Wildman–Crippen LogP) is 3.32. The highest BCUT2D eigenvalue weighted by Crippen LogP contribution is 2.09. The Hall–Kier alpha value is -0.610. The minimum Gasteiger partial charge on any atom is -0.380 e. The summed E-state index contributed by atoms with van der Waals surface area (Å²) in [6.07, 6.45) is 1.12. The van der Waals surface area contributed by atoms with Gasteiger partial charge in [0.2, 0.25) is 0 Å². The van der Waals surface area contributed by atoms with Gasteiger partial charge in [-0.1, -0.05) is 19.9 Å². The van der Waals surface area contributed by atoms with E-state index in [2.05, 4.69) is 40.1 Å². The molecule has 0 fully saturated rings. The Morgan fingerprint density at radius 1 is 1.38 bits per heavy atom. The second-order valence-electron chi connectivity index (χ2n) is 4.07. The van der Waals surface area contributed by atoms with Crippen LogP contribution in [0.15, 0.2) is 22.8 Å². The number of anilines is 1. The third kappa shape index (κ3) is 6.08. The van der Waals surface area contributed by atoms with Gasteiger partial charge < -0.3 is 10.1 Å². The maximum absolute atomic E-state index is 5.49. The lowest BCUT2D eigenvalue weighted by molar-refractivity contribution is 0.132. The molecule has 1 heterocycles. The van der Waals surface area contributed by atoms with E-state index in [0.717, 1.165) is 36.6 Å². The Balaban J connectivity index is 2.07. The van der Waals surface area contributed by atoms with Gasteiger partial charge in [-0.2, -0.15) is 0 Å². The van der Waals surface area contributed by atoms with Crippen LogP contribution in [-0.4, -0.2) is 24.7 Å². The van der Waals surface area contributed by atoms with Crippen molar-refractivity contribution >= 4 is 21.7 Å². The summed E-state index contributed by atoms with van der Waals surface area (Å²) in [5, 5.41) is 3.21. The van der Waals surface area contributed by atoms with Crippen LogP contribution in [0, 0.1) is 5.92 Å². The van der Waals surface area contributed by atoms with E-state index in [9.17, 15) is 0 Å².